The molecule has 0 bridgehead atoms. The van der Waals surface area contributed by atoms with E-state index < -0.39 is 8.56 Å². The minimum Gasteiger partial charge on any atom is -0.398 e. The molecule has 90 valence electrons. The van der Waals surface area contributed by atoms with E-state index >= 15 is 0 Å². The number of aliphatic imine (C=N–C) groups is 1. The third-order valence-corrected chi connectivity index (χ3v) is 5.84. The van der Waals surface area contributed by atoms with E-state index in [0.29, 0.717) is 5.92 Å². The molecule has 0 saturated heterocycles. The molecule has 0 aliphatic heterocycles. The number of nitrogens with zero attached hydrogens (tertiary/aromatic N) is 1. The van der Waals surface area contributed by atoms with E-state index in [9.17, 15) is 0 Å². The van der Waals surface area contributed by atoms with Crippen LogP contribution in [-0.4, -0.2) is 35.0 Å². The summed E-state index contributed by atoms with van der Waals surface area (Å²) in [6.07, 6.45) is 1.05. The van der Waals surface area contributed by atoms with Gasteiger partial charge in [0.25, 0.3) is 0 Å². The normalized spacial score (nSPS) is 13.7. The summed E-state index contributed by atoms with van der Waals surface area (Å²) in [5.41, 5.74) is 1.23. The van der Waals surface area contributed by atoms with Gasteiger partial charge in [-0.25, -0.2) is 0 Å². The molecule has 0 atom stereocenters. The predicted molar refractivity (Wildman–Crippen MR) is 67.9 cm³/mol. The van der Waals surface area contributed by atoms with Gasteiger partial charge in [0, 0.05) is 26.5 Å². The van der Waals surface area contributed by atoms with Crippen LogP contribution in [0.5, 0.6) is 0 Å². The SMILES string of the molecule is CO[Si](C)(CCCN=C(C)C(C)C)OC. The van der Waals surface area contributed by atoms with Crippen molar-refractivity contribution < 1.29 is 8.85 Å². The van der Waals surface area contributed by atoms with Crippen molar-refractivity contribution in [2.24, 2.45) is 10.9 Å². The third kappa shape index (κ3) is 6.07. The van der Waals surface area contributed by atoms with Crippen LogP contribution in [-0.2, 0) is 8.85 Å². The zero-order valence-electron chi connectivity index (χ0n) is 11.0. The van der Waals surface area contributed by atoms with E-state index in [4.69, 9.17) is 8.85 Å². The summed E-state index contributed by atoms with van der Waals surface area (Å²) in [6.45, 7) is 9.41. The van der Waals surface area contributed by atoms with Crippen LogP contribution in [0.4, 0.5) is 0 Å². The topological polar surface area (TPSA) is 30.8 Å². The van der Waals surface area contributed by atoms with Gasteiger partial charge in [-0.05, 0) is 31.9 Å². The van der Waals surface area contributed by atoms with Crippen LogP contribution >= 0.6 is 0 Å². The smallest absolute Gasteiger partial charge is 0.334 e. The summed E-state index contributed by atoms with van der Waals surface area (Å²) in [4.78, 5) is 4.52. The number of hydrogen-bond donors (Lipinski definition) is 0. The molecule has 0 rings (SSSR count). The van der Waals surface area contributed by atoms with Gasteiger partial charge in [-0.2, -0.15) is 0 Å². The van der Waals surface area contributed by atoms with Gasteiger partial charge in [0.15, 0.2) is 0 Å². The molecule has 0 aliphatic carbocycles. The Bertz CT molecular complexity index is 201. The lowest BCUT2D eigenvalue weighted by Crippen LogP contribution is -2.35. The van der Waals surface area contributed by atoms with Crippen LogP contribution < -0.4 is 0 Å². The third-order valence-electron chi connectivity index (χ3n) is 2.85. The monoisotopic (exact) mass is 231 g/mol. The van der Waals surface area contributed by atoms with Gasteiger partial charge in [0.1, 0.15) is 0 Å². The molecule has 0 radical (unpaired) electrons. The van der Waals surface area contributed by atoms with Crippen molar-refractivity contribution in [3.8, 4) is 0 Å². The minimum atomic E-state index is -1.87. The quantitative estimate of drug-likeness (QED) is 0.383. The second-order valence-corrected chi connectivity index (χ2v) is 7.91. The zero-order chi connectivity index (χ0) is 11.9. The molecule has 0 heterocycles. The lowest BCUT2D eigenvalue weighted by molar-refractivity contribution is 0.249. The highest BCUT2D eigenvalue weighted by molar-refractivity contribution is 6.65. The molecule has 0 unspecified atom stereocenters. The molecular weight excluding hydrogens is 206 g/mol. The standard InChI is InChI=1S/C11H25NO2Si/c1-10(2)11(3)12-8-7-9-15(6,13-4)14-5/h10H,7-9H2,1-6H3. The van der Waals surface area contributed by atoms with Gasteiger partial charge < -0.3 is 8.85 Å². The van der Waals surface area contributed by atoms with Gasteiger partial charge >= 0.3 is 8.56 Å². The van der Waals surface area contributed by atoms with Gasteiger partial charge in [0.2, 0.25) is 0 Å². The molecule has 0 aromatic heterocycles. The molecule has 15 heavy (non-hydrogen) atoms. The zero-order valence-corrected chi connectivity index (χ0v) is 12.0. The van der Waals surface area contributed by atoms with Crippen LogP contribution in [0.1, 0.15) is 27.2 Å². The molecule has 3 nitrogen and oxygen atoms in total. The van der Waals surface area contributed by atoms with E-state index in [1.54, 1.807) is 14.2 Å². The first-order valence-electron chi connectivity index (χ1n) is 5.56. The summed E-state index contributed by atoms with van der Waals surface area (Å²) >= 11 is 0. The van der Waals surface area contributed by atoms with Crippen LogP contribution in [0.15, 0.2) is 4.99 Å². The molecule has 0 aromatic rings. The predicted octanol–water partition coefficient (Wildman–Crippen LogP) is 2.86. The molecule has 0 spiro atoms. The Morgan fingerprint density at radius 2 is 1.80 bits per heavy atom. The number of rotatable bonds is 7. The van der Waals surface area contributed by atoms with Crippen molar-refractivity contribution in [3.63, 3.8) is 0 Å². The van der Waals surface area contributed by atoms with E-state index in [0.717, 1.165) is 19.0 Å². The fourth-order valence-corrected chi connectivity index (χ4v) is 2.50. The van der Waals surface area contributed by atoms with Crippen molar-refractivity contribution in [2.45, 2.75) is 39.8 Å². The van der Waals surface area contributed by atoms with Crippen molar-refractivity contribution >= 4 is 14.3 Å². The first-order valence-corrected chi connectivity index (χ1v) is 8.09. The van der Waals surface area contributed by atoms with Crippen molar-refractivity contribution in [1.82, 2.24) is 0 Å². The maximum Gasteiger partial charge on any atom is 0.334 e. The summed E-state index contributed by atoms with van der Waals surface area (Å²) < 4.78 is 10.8. The van der Waals surface area contributed by atoms with Crippen molar-refractivity contribution in [2.75, 3.05) is 20.8 Å². The van der Waals surface area contributed by atoms with Crippen LogP contribution in [0.3, 0.4) is 0 Å². The lowest BCUT2D eigenvalue weighted by atomic mass is 10.1. The Morgan fingerprint density at radius 3 is 2.20 bits per heavy atom. The summed E-state index contributed by atoms with van der Waals surface area (Å²) in [5.74, 6) is 0.554. The average Bonchev–Trinajstić information content (AvgIpc) is 2.23. The van der Waals surface area contributed by atoms with Crippen molar-refractivity contribution in [1.29, 1.82) is 0 Å². The maximum absolute atomic E-state index is 5.41. The fourth-order valence-electron chi connectivity index (χ4n) is 1.13. The number of hydrogen-bond acceptors (Lipinski definition) is 3. The maximum atomic E-state index is 5.41. The molecule has 0 fully saturated rings. The first kappa shape index (κ1) is 14.8. The Hall–Kier alpha value is -0.193. The summed E-state index contributed by atoms with van der Waals surface area (Å²) in [6, 6.07) is 1.01. The Labute approximate surface area is 95.1 Å². The van der Waals surface area contributed by atoms with Crippen molar-refractivity contribution in [3.05, 3.63) is 0 Å². The second kappa shape index (κ2) is 7.14. The highest BCUT2D eigenvalue weighted by atomic mass is 28.4. The van der Waals surface area contributed by atoms with Gasteiger partial charge in [-0.15, -0.1) is 0 Å². The molecule has 0 aromatic carbocycles. The largest absolute Gasteiger partial charge is 0.398 e. The second-order valence-electron chi connectivity index (χ2n) is 4.32. The molecule has 0 amide bonds. The summed E-state index contributed by atoms with van der Waals surface area (Å²) in [7, 11) is 1.60. The van der Waals surface area contributed by atoms with Gasteiger partial charge in [-0.1, -0.05) is 13.8 Å². The lowest BCUT2D eigenvalue weighted by Gasteiger charge is -2.22. The molecular formula is C11H25NO2Si. The first-order chi connectivity index (χ1) is 6.95. The Morgan fingerprint density at radius 1 is 1.27 bits per heavy atom. The van der Waals surface area contributed by atoms with E-state index in [-0.39, 0.29) is 0 Å². The van der Waals surface area contributed by atoms with Gasteiger partial charge in [-0.3, -0.25) is 4.99 Å². The highest BCUT2D eigenvalue weighted by Crippen LogP contribution is 2.13. The van der Waals surface area contributed by atoms with Gasteiger partial charge in [0.05, 0.1) is 0 Å². The Kier molecular flexibility index (Phi) is 7.05. The van der Waals surface area contributed by atoms with E-state index in [1.165, 1.54) is 5.71 Å². The average molecular weight is 231 g/mol. The molecule has 4 heteroatoms. The van der Waals surface area contributed by atoms with Crippen LogP contribution in [0.25, 0.3) is 0 Å². The molecule has 0 N–H and O–H groups in total. The van der Waals surface area contributed by atoms with Crippen LogP contribution in [0.2, 0.25) is 12.6 Å². The van der Waals surface area contributed by atoms with E-state index in [1.807, 2.05) is 0 Å². The summed E-state index contributed by atoms with van der Waals surface area (Å²) in [5, 5.41) is 0. The molecule has 0 aliphatic rings. The Balaban J connectivity index is 3.84. The minimum absolute atomic E-state index is 0.554. The van der Waals surface area contributed by atoms with Crippen LogP contribution in [0, 0.1) is 5.92 Å². The fraction of sp³-hybridized carbons (Fsp3) is 0.909. The molecule has 0 saturated carbocycles. The highest BCUT2D eigenvalue weighted by Gasteiger charge is 2.27. The van der Waals surface area contributed by atoms with E-state index in [2.05, 4.69) is 32.3 Å².